The van der Waals surface area contributed by atoms with Crippen molar-refractivity contribution in [3.05, 3.63) is 35.1 Å². The van der Waals surface area contributed by atoms with E-state index in [1.807, 2.05) is 13.8 Å². The van der Waals surface area contributed by atoms with Gasteiger partial charge >= 0.3 is 0 Å². The Kier molecular flexibility index (Phi) is 2.55. The van der Waals surface area contributed by atoms with E-state index < -0.39 is 5.60 Å². The Balaban J connectivity index is 2.45. The molecule has 0 radical (unpaired) electrons. The van der Waals surface area contributed by atoms with Gasteiger partial charge in [-0.25, -0.2) is 4.39 Å². The molecule has 0 amide bonds. The fourth-order valence-corrected chi connectivity index (χ4v) is 2.32. The molecular formula is C13H17FO. The summed E-state index contributed by atoms with van der Waals surface area (Å²) >= 11 is 0. The van der Waals surface area contributed by atoms with Crippen molar-refractivity contribution in [2.75, 3.05) is 0 Å². The molecule has 0 aliphatic heterocycles. The van der Waals surface area contributed by atoms with Gasteiger partial charge in [-0.05, 0) is 55.4 Å². The number of hydrogen-bond acceptors (Lipinski definition) is 1. The molecule has 0 aromatic heterocycles. The summed E-state index contributed by atoms with van der Waals surface area (Å²) < 4.78 is 13.2. The number of aryl methyl sites for hydroxylation is 1. The second-order valence-electron chi connectivity index (χ2n) is 4.51. The largest absolute Gasteiger partial charge is 0.385 e. The summed E-state index contributed by atoms with van der Waals surface area (Å²) in [6, 6.07) is 4.67. The highest BCUT2D eigenvalue weighted by Crippen LogP contribution is 2.48. The Labute approximate surface area is 89.9 Å². The van der Waals surface area contributed by atoms with Crippen LogP contribution in [0.15, 0.2) is 18.2 Å². The summed E-state index contributed by atoms with van der Waals surface area (Å²) in [4.78, 5) is 0. The van der Waals surface area contributed by atoms with Gasteiger partial charge < -0.3 is 5.11 Å². The summed E-state index contributed by atoms with van der Waals surface area (Å²) in [5, 5.41) is 10.6. The zero-order valence-electron chi connectivity index (χ0n) is 9.26. The molecule has 1 fully saturated rings. The highest BCUT2D eigenvalue weighted by molar-refractivity contribution is 5.33. The molecule has 0 saturated heterocycles. The van der Waals surface area contributed by atoms with Gasteiger partial charge in [0.1, 0.15) is 5.82 Å². The number of aliphatic hydroxyl groups is 1. The minimum Gasteiger partial charge on any atom is -0.385 e. The molecular weight excluding hydrogens is 191 g/mol. The van der Waals surface area contributed by atoms with Gasteiger partial charge in [0.2, 0.25) is 0 Å². The van der Waals surface area contributed by atoms with Crippen LogP contribution in [0.4, 0.5) is 4.39 Å². The molecule has 82 valence electrons. The maximum atomic E-state index is 13.2. The molecule has 1 aliphatic carbocycles. The van der Waals surface area contributed by atoms with Gasteiger partial charge in [-0.1, -0.05) is 13.0 Å². The van der Waals surface area contributed by atoms with Gasteiger partial charge in [-0.3, -0.25) is 0 Å². The van der Waals surface area contributed by atoms with Crippen molar-refractivity contribution in [1.82, 2.24) is 0 Å². The number of hydrogen-bond donors (Lipinski definition) is 1. The lowest BCUT2D eigenvalue weighted by atomic mass is 9.84. The van der Waals surface area contributed by atoms with Crippen LogP contribution in [-0.4, -0.2) is 5.11 Å². The van der Waals surface area contributed by atoms with Crippen molar-refractivity contribution in [2.24, 2.45) is 5.92 Å². The molecule has 1 unspecified atom stereocenters. The van der Waals surface area contributed by atoms with E-state index in [1.165, 1.54) is 12.1 Å². The Morgan fingerprint density at radius 2 is 2.13 bits per heavy atom. The third-order valence-electron chi connectivity index (χ3n) is 3.46. The third-order valence-corrected chi connectivity index (χ3v) is 3.46. The Bertz CT molecular complexity index is 371. The molecule has 1 aromatic carbocycles. The molecule has 1 N–H and O–H groups in total. The van der Waals surface area contributed by atoms with Crippen LogP contribution in [0.2, 0.25) is 0 Å². The van der Waals surface area contributed by atoms with Gasteiger partial charge in [0, 0.05) is 0 Å². The first-order valence-electron chi connectivity index (χ1n) is 5.57. The van der Waals surface area contributed by atoms with Crippen LogP contribution in [-0.2, 0) is 5.60 Å². The highest BCUT2D eigenvalue weighted by atomic mass is 19.1. The molecule has 0 heterocycles. The Hall–Kier alpha value is -0.890. The number of rotatable bonds is 3. The molecule has 2 heteroatoms. The summed E-state index contributed by atoms with van der Waals surface area (Å²) in [5.41, 5.74) is 0.937. The van der Waals surface area contributed by atoms with Gasteiger partial charge in [-0.15, -0.1) is 0 Å². The van der Waals surface area contributed by atoms with E-state index in [4.69, 9.17) is 0 Å². The van der Waals surface area contributed by atoms with E-state index in [0.717, 1.165) is 24.0 Å². The summed E-state index contributed by atoms with van der Waals surface area (Å²) in [7, 11) is 0. The molecule has 0 spiro atoms. The predicted molar refractivity (Wildman–Crippen MR) is 58.0 cm³/mol. The summed E-state index contributed by atoms with van der Waals surface area (Å²) in [6.45, 7) is 3.89. The maximum Gasteiger partial charge on any atom is 0.123 e. The first-order chi connectivity index (χ1) is 7.08. The standard InChI is InChI=1S/C13H17FO/c1-3-13(15,10-5-6-10)12-8-11(14)7-4-9(12)2/h4,7-8,10,15H,3,5-6H2,1-2H3. The van der Waals surface area contributed by atoms with Gasteiger partial charge in [0.25, 0.3) is 0 Å². The molecule has 1 atom stereocenters. The lowest BCUT2D eigenvalue weighted by Gasteiger charge is -2.29. The topological polar surface area (TPSA) is 20.2 Å². The van der Waals surface area contributed by atoms with Gasteiger partial charge in [0.15, 0.2) is 0 Å². The van der Waals surface area contributed by atoms with E-state index in [2.05, 4.69) is 0 Å². The molecule has 0 bridgehead atoms. The number of benzene rings is 1. The monoisotopic (exact) mass is 208 g/mol. The summed E-state index contributed by atoms with van der Waals surface area (Å²) in [6.07, 6.45) is 2.77. The second-order valence-corrected chi connectivity index (χ2v) is 4.51. The van der Waals surface area contributed by atoms with Crippen molar-refractivity contribution < 1.29 is 9.50 Å². The first kappa shape index (κ1) is 10.6. The van der Waals surface area contributed by atoms with Gasteiger partial charge in [-0.2, -0.15) is 0 Å². The van der Waals surface area contributed by atoms with Crippen LogP contribution in [0.5, 0.6) is 0 Å². The quantitative estimate of drug-likeness (QED) is 0.809. The van der Waals surface area contributed by atoms with E-state index in [0.29, 0.717) is 12.3 Å². The van der Waals surface area contributed by atoms with Crippen molar-refractivity contribution in [1.29, 1.82) is 0 Å². The Morgan fingerprint density at radius 1 is 1.47 bits per heavy atom. The second kappa shape index (κ2) is 3.60. The van der Waals surface area contributed by atoms with E-state index in [9.17, 15) is 9.50 Å². The van der Waals surface area contributed by atoms with Crippen molar-refractivity contribution in [3.8, 4) is 0 Å². The maximum absolute atomic E-state index is 13.2. The van der Waals surface area contributed by atoms with Crippen molar-refractivity contribution in [3.63, 3.8) is 0 Å². The average Bonchev–Trinajstić information content (AvgIpc) is 3.04. The fourth-order valence-electron chi connectivity index (χ4n) is 2.32. The molecule has 1 aromatic rings. The zero-order chi connectivity index (χ0) is 11.1. The van der Waals surface area contributed by atoms with Crippen molar-refractivity contribution in [2.45, 2.75) is 38.7 Å². The minimum absolute atomic E-state index is 0.261. The highest BCUT2D eigenvalue weighted by Gasteiger charge is 2.44. The van der Waals surface area contributed by atoms with Crippen LogP contribution in [0.3, 0.4) is 0 Å². The van der Waals surface area contributed by atoms with E-state index in [1.54, 1.807) is 6.07 Å². The normalized spacial score (nSPS) is 20.0. The van der Waals surface area contributed by atoms with E-state index in [-0.39, 0.29) is 5.82 Å². The lowest BCUT2D eigenvalue weighted by Crippen LogP contribution is -2.28. The van der Waals surface area contributed by atoms with Crippen LogP contribution >= 0.6 is 0 Å². The van der Waals surface area contributed by atoms with Crippen molar-refractivity contribution >= 4 is 0 Å². The molecule has 15 heavy (non-hydrogen) atoms. The predicted octanol–water partition coefficient (Wildman–Crippen LogP) is 3.14. The van der Waals surface area contributed by atoms with Gasteiger partial charge in [0.05, 0.1) is 5.60 Å². The Morgan fingerprint density at radius 3 is 2.67 bits per heavy atom. The zero-order valence-corrected chi connectivity index (χ0v) is 9.26. The summed E-state index contributed by atoms with van der Waals surface area (Å²) in [5.74, 6) is 0.0612. The fraction of sp³-hybridized carbons (Fsp3) is 0.538. The SMILES string of the molecule is CCC(O)(c1cc(F)ccc1C)C1CC1. The van der Waals surface area contributed by atoms with E-state index >= 15 is 0 Å². The molecule has 1 saturated carbocycles. The average molecular weight is 208 g/mol. The van der Waals surface area contributed by atoms with Crippen LogP contribution < -0.4 is 0 Å². The van der Waals surface area contributed by atoms with Crippen LogP contribution in [0, 0.1) is 18.7 Å². The minimum atomic E-state index is -0.813. The first-order valence-corrected chi connectivity index (χ1v) is 5.57. The third kappa shape index (κ3) is 1.78. The molecule has 1 aliphatic rings. The number of halogens is 1. The smallest absolute Gasteiger partial charge is 0.123 e. The molecule has 2 rings (SSSR count). The molecule has 1 nitrogen and oxygen atoms in total. The van der Waals surface area contributed by atoms with Crippen LogP contribution in [0.1, 0.15) is 37.3 Å². The van der Waals surface area contributed by atoms with Crippen LogP contribution in [0.25, 0.3) is 0 Å². The lowest BCUT2D eigenvalue weighted by molar-refractivity contribution is 0.00803.